The van der Waals surface area contributed by atoms with Crippen LogP contribution in [0.4, 0.5) is 4.79 Å². The van der Waals surface area contributed by atoms with Gasteiger partial charge in [-0.25, -0.2) is 9.78 Å². The van der Waals surface area contributed by atoms with Crippen LogP contribution in [-0.4, -0.2) is 21.8 Å². The Morgan fingerprint density at radius 1 is 1.14 bits per heavy atom. The number of hydrogen-bond acceptors (Lipinski definition) is 5. The Labute approximate surface area is 167 Å². The van der Waals surface area contributed by atoms with Crippen molar-refractivity contribution in [3.63, 3.8) is 0 Å². The van der Waals surface area contributed by atoms with Crippen molar-refractivity contribution in [3.8, 4) is 17.5 Å². The van der Waals surface area contributed by atoms with Gasteiger partial charge in [0.25, 0.3) is 5.91 Å². The Morgan fingerprint density at radius 3 is 2.48 bits per heavy atom. The van der Waals surface area contributed by atoms with Crippen LogP contribution in [0.25, 0.3) is 11.5 Å². The number of aromatic nitrogens is 1. The monoisotopic (exact) mass is 386 g/mol. The molecule has 1 saturated heterocycles. The van der Waals surface area contributed by atoms with Gasteiger partial charge in [-0.15, -0.1) is 0 Å². The van der Waals surface area contributed by atoms with Crippen LogP contribution in [0, 0.1) is 18.3 Å². The Morgan fingerprint density at radius 2 is 1.83 bits per heavy atom. The number of amides is 3. The van der Waals surface area contributed by atoms with Gasteiger partial charge in [0, 0.05) is 5.56 Å². The van der Waals surface area contributed by atoms with Crippen molar-refractivity contribution >= 4 is 11.9 Å². The minimum Gasteiger partial charge on any atom is -0.444 e. The van der Waals surface area contributed by atoms with Gasteiger partial charge in [0.2, 0.25) is 5.89 Å². The summed E-state index contributed by atoms with van der Waals surface area (Å²) >= 11 is 0. The molecule has 2 aromatic carbocycles. The molecule has 1 unspecified atom stereocenters. The van der Waals surface area contributed by atoms with Gasteiger partial charge in [0.05, 0.1) is 23.9 Å². The lowest BCUT2D eigenvalue weighted by atomic mass is 9.91. The molecule has 1 aliphatic rings. The molecule has 2 heterocycles. The third-order valence-corrected chi connectivity index (χ3v) is 5.04. The smallest absolute Gasteiger partial charge is 0.325 e. The number of imide groups is 1. The fourth-order valence-electron chi connectivity index (χ4n) is 3.28. The lowest BCUT2D eigenvalue weighted by Crippen LogP contribution is -2.40. The lowest BCUT2D eigenvalue weighted by Gasteiger charge is -2.22. The van der Waals surface area contributed by atoms with Crippen LogP contribution >= 0.6 is 0 Å². The summed E-state index contributed by atoms with van der Waals surface area (Å²) in [5.41, 5.74) is 2.32. The SMILES string of the molecule is Cc1ccc(-c2nc(CN3C(=O)NC(C)(c4ccc(C#N)cc4)C3=O)co2)cc1. The largest absolute Gasteiger partial charge is 0.444 e. The molecule has 1 aliphatic heterocycles. The molecule has 1 aromatic heterocycles. The highest BCUT2D eigenvalue weighted by atomic mass is 16.3. The first-order valence-electron chi connectivity index (χ1n) is 9.07. The number of nitriles is 1. The molecule has 144 valence electrons. The molecule has 1 N–H and O–H groups in total. The molecular formula is C22H18N4O3. The number of carbonyl (C=O) groups is 2. The molecule has 29 heavy (non-hydrogen) atoms. The maximum absolute atomic E-state index is 13.0. The molecular weight excluding hydrogens is 368 g/mol. The molecule has 0 bridgehead atoms. The summed E-state index contributed by atoms with van der Waals surface area (Å²) in [4.78, 5) is 31.1. The summed E-state index contributed by atoms with van der Waals surface area (Å²) in [6.45, 7) is 3.65. The minimum absolute atomic E-state index is 0.00585. The summed E-state index contributed by atoms with van der Waals surface area (Å²) in [6.07, 6.45) is 1.45. The number of oxazole rings is 1. The molecule has 0 spiro atoms. The lowest BCUT2D eigenvalue weighted by molar-refractivity contribution is -0.131. The Bertz CT molecular complexity index is 1130. The van der Waals surface area contributed by atoms with E-state index in [-0.39, 0.29) is 12.5 Å². The van der Waals surface area contributed by atoms with Gasteiger partial charge < -0.3 is 9.73 Å². The summed E-state index contributed by atoms with van der Waals surface area (Å²) in [5, 5.41) is 11.7. The van der Waals surface area contributed by atoms with Gasteiger partial charge in [0.1, 0.15) is 11.8 Å². The summed E-state index contributed by atoms with van der Waals surface area (Å²) in [5.74, 6) is 0.0500. The van der Waals surface area contributed by atoms with E-state index < -0.39 is 11.6 Å². The van der Waals surface area contributed by atoms with Crippen LogP contribution in [0.5, 0.6) is 0 Å². The van der Waals surface area contributed by atoms with Gasteiger partial charge >= 0.3 is 6.03 Å². The third kappa shape index (κ3) is 3.25. The maximum Gasteiger partial charge on any atom is 0.325 e. The number of rotatable bonds is 4. The number of nitrogens with zero attached hydrogens (tertiary/aromatic N) is 3. The van der Waals surface area contributed by atoms with Gasteiger partial charge in [-0.2, -0.15) is 5.26 Å². The number of benzene rings is 2. The Balaban J connectivity index is 1.55. The quantitative estimate of drug-likeness (QED) is 0.692. The zero-order valence-electron chi connectivity index (χ0n) is 16.0. The highest BCUT2D eigenvalue weighted by molar-refractivity contribution is 6.07. The third-order valence-electron chi connectivity index (χ3n) is 5.04. The van der Waals surface area contributed by atoms with E-state index in [2.05, 4.69) is 10.3 Å². The van der Waals surface area contributed by atoms with Crippen LogP contribution in [-0.2, 0) is 16.9 Å². The summed E-state index contributed by atoms with van der Waals surface area (Å²) in [6, 6.07) is 15.8. The van der Waals surface area contributed by atoms with Gasteiger partial charge in [-0.05, 0) is 43.7 Å². The fraction of sp³-hybridized carbons (Fsp3) is 0.182. The van der Waals surface area contributed by atoms with Crippen molar-refractivity contribution in [2.75, 3.05) is 0 Å². The Kier molecular flexibility index (Phi) is 4.40. The minimum atomic E-state index is -1.20. The second-order valence-corrected chi connectivity index (χ2v) is 7.15. The molecule has 7 heteroatoms. The summed E-state index contributed by atoms with van der Waals surface area (Å²) in [7, 11) is 0. The maximum atomic E-state index is 13.0. The predicted octanol–water partition coefficient (Wildman–Crippen LogP) is 3.49. The molecule has 1 atom stereocenters. The molecule has 1 fully saturated rings. The molecule has 0 radical (unpaired) electrons. The number of nitrogens with one attached hydrogen (secondary N) is 1. The molecule has 7 nitrogen and oxygen atoms in total. The van der Waals surface area contributed by atoms with Crippen LogP contribution in [0.3, 0.4) is 0 Å². The van der Waals surface area contributed by atoms with E-state index in [0.29, 0.717) is 22.7 Å². The molecule has 0 aliphatic carbocycles. The van der Waals surface area contributed by atoms with Crippen molar-refractivity contribution in [1.82, 2.24) is 15.2 Å². The van der Waals surface area contributed by atoms with Crippen molar-refractivity contribution in [1.29, 1.82) is 5.26 Å². The highest BCUT2D eigenvalue weighted by Gasteiger charge is 2.49. The van der Waals surface area contributed by atoms with E-state index in [0.717, 1.165) is 16.0 Å². The van der Waals surface area contributed by atoms with E-state index in [1.54, 1.807) is 31.2 Å². The highest BCUT2D eigenvalue weighted by Crippen LogP contribution is 2.30. The Hall–Kier alpha value is -3.92. The van der Waals surface area contributed by atoms with E-state index in [4.69, 9.17) is 9.68 Å². The number of hydrogen-bond donors (Lipinski definition) is 1. The van der Waals surface area contributed by atoms with Crippen molar-refractivity contribution in [2.24, 2.45) is 0 Å². The molecule has 3 amide bonds. The van der Waals surface area contributed by atoms with Crippen molar-refractivity contribution in [3.05, 3.63) is 77.2 Å². The normalized spacial score (nSPS) is 18.6. The van der Waals surface area contributed by atoms with Gasteiger partial charge in [0.15, 0.2) is 0 Å². The first kappa shape index (κ1) is 18.4. The topological polar surface area (TPSA) is 99.2 Å². The van der Waals surface area contributed by atoms with Gasteiger partial charge in [-0.1, -0.05) is 29.8 Å². The second-order valence-electron chi connectivity index (χ2n) is 7.15. The van der Waals surface area contributed by atoms with Crippen LogP contribution in [0.1, 0.15) is 29.3 Å². The average Bonchev–Trinajstić information content (AvgIpc) is 3.28. The van der Waals surface area contributed by atoms with E-state index in [1.807, 2.05) is 37.3 Å². The first-order valence-corrected chi connectivity index (χ1v) is 9.07. The number of urea groups is 1. The van der Waals surface area contributed by atoms with Crippen molar-refractivity contribution in [2.45, 2.75) is 25.9 Å². The van der Waals surface area contributed by atoms with Crippen LogP contribution < -0.4 is 5.32 Å². The van der Waals surface area contributed by atoms with E-state index in [1.165, 1.54) is 6.26 Å². The zero-order valence-corrected chi connectivity index (χ0v) is 16.0. The van der Waals surface area contributed by atoms with Crippen molar-refractivity contribution < 1.29 is 14.0 Å². The number of aryl methyl sites for hydroxylation is 1. The van der Waals surface area contributed by atoms with E-state index >= 15 is 0 Å². The van der Waals surface area contributed by atoms with Crippen LogP contribution in [0.2, 0.25) is 0 Å². The van der Waals surface area contributed by atoms with Gasteiger partial charge in [-0.3, -0.25) is 9.69 Å². The zero-order chi connectivity index (χ0) is 20.6. The molecule has 0 saturated carbocycles. The molecule has 4 rings (SSSR count). The number of carbonyl (C=O) groups excluding carboxylic acids is 2. The molecule has 3 aromatic rings. The standard InChI is InChI=1S/C22H18N4O3/c1-14-3-7-16(8-4-14)19-24-18(13-29-19)12-26-20(27)22(2,25-21(26)28)17-9-5-15(11-23)6-10-17/h3-10,13H,12H2,1-2H3,(H,25,28). The average molecular weight is 386 g/mol. The fourth-order valence-corrected chi connectivity index (χ4v) is 3.28. The predicted molar refractivity (Wildman–Crippen MR) is 104 cm³/mol. The van der Waals surface area contributed by atoms with Crippen LogP contribution in [0.15, 0.2) is 59.2 Å². The summed E-state index contributed by atoms with van der Waals surface area (Å²) < 4.78 is 5.52. The van der Waals surface area contributed by atoms with E-state index in [9.17, 15) is 9.59 Å². The first-order chi connectivity index (χ1) is 13.9. The second kappa shape index (κ2) is 6.91.